The lowest BCUT2D eigenvalue weighted by atomic mass is 10.2. The smallest absolute Gasteiger partial charge is 0.339 e. The molecule has 0 aliphatic heterocycles. The first-order valence-corrected chi connectivity index (χ1v) is 9.95. The molecule has 0 aliphatic rings. The average molecular weight is 397 g/mol. The highest BCUT2D eigenvalue weighted by Crippen LogP contribution is 2.22. The number of hydrogen-bond donors (Lipinski definition) is 1. The van der Waals surface area contributed by atoms with Crippen LogP contribution in [-0.4, -0.2) is 21.5 Å². The van der Waals surface area contributed by atoms with Crippen molar-refractivity contribution in [2.75, 3.05) is 11.8 Å². The Bertz CT molecular complexity index is 1050. The van der Waals surface area contributed by atoms with Crippen molar-refractivity contribution >= 4 is 21.7 Å². The standard InChI is InChI=1S/C21H19NO5S/c1-26-21(23)19-9-5-6-10-20(19)28(24,25)22-17-11-13-18(14-12-17)27-15-16-7-3-2-4-8-16/h2-14,22H,15H2,1H3. The number of hydrogen-bond acceptors (Lipinski definition) is 5. The Labute approximate surface area is 163 Å². The molecule has 0 aromatic heterocycles. The molecule has 3 aromatic carbocycles. The van der Waals surface area contributed by atoms with Crippen molar-refractivity contribution in [1.82, 2.24) is 0 Å². The third-order valence-corrected chi connectivity index (χ3v) is 5.38. The summed E-state index contributed by atoms with van der Waals surface area (Å²) in [7, 11) is -2.76. The molecule has 0 atom stereocenters. The molecule has 0 bridgehead atoms. The first-order valence-electron chi connectivity index (χ1n) is 8.46. The molecule has 7 heteroatoms. The van der Waals surface area contributed by atoms with Crippen molar-refractivity contribution in [2.45, 2.75) is 11.5 Å². The number of methoxy groups -OCH3 is 1. The Morgan fingerprint density at radius 3 is 2.21 bits per heavy atom. The number of sulfonamides is 1. The van der Waals surface area contributed by atoms with Gasteiger partial charge in [-0.1, -0.05) is 42.5 Å². The maximum atomic E-state index is 12.7. The van der Waals surface area contributed by atoms with Crippen LogP contribution in [0.25, 0.3) is 0 Å². The van der Waals surface area contributed by atoms with E-state index in [0.29, 0.717) is 18.0 Å². The molecule has 0 heterocycles. The van der Waals surface area contributed by atoms with E-state index >= 15 is 0 Å². The van der Waals surface area contributed by atoms with Gasteiger partial charge in [0.25, 0.3) is 10.0 Å². The van der Waals surface area contributed by atoms with Crippen molar-refractivity contribution in [3.05, 3.63) is 90.0 Å². The summed E-state index contributed by atoms with van der Waals surface area (Å²) in [6, 6.07) is 22.1. The maximum absolute atomic E-state index is 12.7. The third-order valence-electron chi connectivity index (χ3n) is 3.94. The molecule has 3 rings (SSSR count). The van der Waals surface area contributed by atoms with E-state index in [1.54, 1.807) is 36.4 Å². The van der Waals surface area contributed by atoms with Crippen LogP contribution in [0.3, 0.4) is 0 Å². The van der Waals surface area contributed by atoms with Gasteiger partial charge in [-0.2, -0.15) is 0 Å². The Kier molecular flexibility index (Phi) is 5.96. The van der Waals surface area contributed by atoms with Gasteiger partial charge in [-0.15, -0.1) is 0 Å². The van der Waals surface area contributed by atoms with Crippen LogP contribution in [0.15, 0.2) is 83.8 Å². The molecule has 1 N–H and O–H groups in total. The summed E-state index contributed by atoms with van der Waals surface area (Å²) in [5, 5.41) is 0. The Morgan fingerprint density at radius 1 is 0.893 bits per heavy atom. The molecular weight excluding hydrogens is 378 g/mol. The van der Waals surface area contributed by atoms with Gasteiger partial charge in [-0.05, 0) is 42.0 Å². The van der Waals surface area contributed by atoms with E-state index in [4.69, 9.17) is 4.74 Å². The number of nitrogens with one attached hydrogen (secondary N) is 1. The van der Waals surface area contributed by atoms with Gasteiger partial charge in [0, 0.05) is 5.69 Å². The first kappa shape index (κ1) is 19.4. The van der Waals surface area contributed by atoms with E-state index in [1.165, 1.54) is 19.2 Å². The Hall–Kier alpha value is -3.32. The lowest BCUT2D eigenvalue weighted by Crippen LogP contribution is -2.17. The van der Waals surface area contributed by atoms with Gasteiger partial charge in [0.05, 0.1) is 12.7 Å². The van der Waals surface area contributed by atoms with E-state index in [2.05, 4.69) is 9.46 Å². The zero-order valence-electron chi connectivity index (χ0n) is 15.2. The predicted molar refractivity (Wildman–Crippen MR) is 106 cm³/mol. The van der Waals surface area contributed by atoms with Crippen molar-refractivity contribution in [3.63, 3.8) is 0 Å². The molecule has 0 aliphatic carbocycles. The normalized spacial score (nSPS) is 10.9. The van der Waals surface area contributed by atoms with Gasteiger partial charge < -0.3 is 9.47 Å². The fraction of sp³-hybridized carbons (Fsp3) is 0.0952. The summed E-state index contributed by atoms with van der Waals surface area (Å²) in [5.74, 6) is -0.104. The van der Waals surface area contributed by atoms with E-state index in [1.807, 2.05) is 30.3 Å². The highest BCUT2D eigenvalue weighted by Gasteiger charge is 2.22. The molecule has 0 saturated heterocycles. The monoisotopic (exact) mass is 397 g/mol. The van der Waals surface area contributed by atoms with E-state index < -0.39 is 16.0 Å². The van der Waals surface area contributed by atoms with Crippen LogP contribution in [0.1, 0.15) is 15.9 Å². The first-order chi connectivity index (χ1) is 13.5. The number of rotatable bonds is 7. The topological polar surface area (TPSA) is 81.7 Å². The minimum atomic E-state index is -3.96. The molecule has 0 saturated carbocycles. The van der Waals surface area contributed by atoms with E-state index in [9.17, 15) is 13.2 Å². The van der Waals surface area contributed by atoms with Crippen LogP contribution in [0.5, 0.6) is 5.75 Å². The largest absolute Gasteiger partial charge is 0.489 e. The van der Waals surface area contributed by atoms with Crippen molar-refractivity contribution in [2.24, 2.45) is 0 Å². The van der Waals surface area contributed by atoms with Gasteiger partial charge in [0.1, 0.15) is 17.3 Å². The average Bonchev–Trinajstić information content (AvgIpc) is 2.73. The van der Waals surface area contributed by atoms with Gasteiger partial charge in [0.2, 0.25) is 0 Å². The quantitative estimate of drug-likeness (QED) is 0.613. The second kappa shape index (κ2) is 8.58. The highest BCUT2D eigenvalue weighted by atomic mass is 32.2. The molecule has 28 heavy (non-hydrogen) atoms. The molecule has 0 unspecified atom stereocenters. The summed E-state index contributed by atoms with van der Waals surface area (Å²) in [6.45, 7) is 0.415. The van der Waals surface area contributed by atoms with Crippen LogP contribution in [0.4, 0.5) is 5.69 Å². The van der Waals surface area contributed by atoms with Crippen LogP contribution < -0.4 is 9.46 Å². The second-order valence-corrected chi connectivity index (χ2v) is 7.54. The zero-order valence-corrected chi connectivity index (χ0v) is 16.0. The number of carbonyl (C=O) groups is 1. The summed E-state index contributed by atoms with van der Waals surface area (Å²) in [6.07, 6.45) is 0. The SMILES string of the molecule is COC(=O)c1ccccc1S(=O)(=O)Nc1ccc(OCc2ccccc2)cc1. The lowest BCUT2D eigenvalue weighted by Gasteiger charge is -2.12. The van der Waals surface area contributed by atoms with Crippen molar-refractivity contribution in [3.8, 4) is 5.75 Å². The van der Waals surface area contributed by atoms with Gasteiger partial charge in [-0.25, -0.2) is 13.2 Å². The summed E-state index contributed by atoms with van der Waals surface area (Å²) in [5.41, 5.74) is 1.36. The van der Waals surface area contributed by atoms with Crippen molar-refractivity contribution < 1.29 is 22.7 Å². The van der Waals surface area contributed by atoms with Gasteiger partial charge >= 0.3 is 5.97 Å². The van der Waals surface area contributed by atoms with Crippen LogP contribution in [-0.2, 0) is 21.4 Å². The van der Waals surface area contributed by atoms with Crippen LogP contribution in [0.2, 0.25) is 0 Å². The molecule has 0 spiro atoms. The summed E-state index contributed by atoms with van der Waals surface area (Å²) >= 11 is 0. The molecular formula is C21H19NO5S. The summed E-state index contributed by atoms with van der Waals surface area (Å²) < 4.78 is 38.2. The number of ether oxygens (including phenoxy) is 2. The minimum Gasteiger partial charge on any atom is -0.489 e. The van der Waals surface area contributed by atoms with Gasteiger partial charge in [0.15, 0.2) is 0 Å². The van der Waals surface area contributed by atoms with E-state index in [0.717, 1.165) is 5.56 Å². The maximum Gasteiger partial charge on any atom is 0.339 e. The third kappa shape index (κ3) is 4.69. The number of esters is 1. The predicted octanol–water partition coefficient (Wildman–Crippen LogP) is 3.85. The molecule has 0 fully saturated rings. The second-order valence-electron chi connectivity index (χ2n) is 5.89. The van der Waals surface area contributed by atoms with Crippen molar-refractivity contribution in [1.29, 1.82) is 0 Å². The fourth-order valence-electron chi connectivity index (χ4n) is 2.55. The molecule has 0 amide bonds. The van der Waals surface area contributed by atoms with Gasteiger partial charge in [-0.3, -0.25) is 4.72 Å². The molecule has 6 nitrogen and oxygen atoms in total. The number of benzene rings is 3. The Balaban J connectivity index is 1.72. The highest BCUT2D eigenvalue weighted by molar-refractivity contribution is 7.92. The van der Waals surface area contributed by atoms with Crippen LogP contribution in [0, 0.1) is 0 Å². The van der Waals surface area contributed by atoms with E-state index in [-0.39, 0.29) is 10.5 Å². The molecule has 144 valence electrons. The Morgan fingerprint density at radius 2 is 1.54 bits per heavy atom. The van der Waals surface area contributed by atoms with Crippen LogP contribution >= 0.6 is 0 Å². The minimum absolute atomic E-state index is 0.0275. The summed E-state index contributed by atoms with van der Waals surface area (Å²) in [4.78, 5) is 11.7. The lowest BCUT2D eigenvalue weighted by molar-refractivity contribution is 0.0596. The zero-order chi connectivity index (χ0) is 20.0. The fourth-order valence-corrected chi connectivity index (χ4v) is 3.80. The number of anilines is 1. The molecule has 3 aromatic rings. The molecule has 0 radical (unpaired) electrons. The number of carbonyl (C=O) groups excluding carboxylic acids is 1.